The fourth-order valence-electron chi connectivity index (χ4n) is 1.63. The number of halogens is 3. The monoisotopic (exact) mass is 357 g/mol. The van der Waals surface area contributed by atoms with Gasteiger partial charge in [-0.25, -0.2) is 13.1 Å². The lowest BCUT2D eigenvalue weighted by atomic mass is 10.2. The Balaban J connectivity index is 0.00000180. The van der Waals surface area contributed by atoms with Crippen molar-refractivity contribution in [1.29, 1.82) is 0 Å². The molecule has 1 aromatic heterocycles. The number of pyridine rings is 1. The maximum atomic E-state index is 12.1. The summed E-state index contributed by atoms with van der Waals surface area (Å²) in [6.07, 6.45) is 3.05. The molecule has 3 N–H and O–H groups in total. The average molecular weight is 359 g/mol. The third-order valence-corrected chi connectivity index (χ3v) is 4.30. The molecule has 1 heterocycles. The molecule has 2 aromatic rings. The summed E-state index contributed by atoms with van der Waals surface area (Å²) in [4.78, 5) is 4.09. The van der Waals surface area contributed by atoms with E-state index in [-0.39, 0.29) is 42.8 Å². The molecular weight excluding hydrogens is 345 g/mol. The average Bonchev–Trinajstić information content (AvgIpc) is 2.37. The van der Waals surface area contributed by atoms with Gasteiger partial charge < -0.3 is 5.73 Å². The molecule has 9 heteroatoms. The minimum Gasteiger partial charge on any atom is -0.329 e. The van der Waals surface area contributed by atoms with Gasteiger partial charge in [0.15, 0.2) is 0 Å². The van der Waals surface area contributed by atoms with Crippen LogP contribution in [0.4, 0.5) is 0 Å². The molecule has 0 atom stereocenters. The molecule has 0 unspecified atom stereocenters. The van der Waals surface area contributed by atoms with Gasteiger partial charge in [0.05, 0.1) is 4.90 Å². The molecule has 20 heavy (non-hydrogen) atoms. The zero-order valence-corrected chi connectivity index (χ0v) is 13.5. The lowest BCUT2D eigenvalue weighted by molar-refractivity contribution is 0.583. The highest BCUT2D eigenvalue weighted by Crippen LogP contribution is 2.28. The van der Waals surface area contributed by atoms with Gasteiger partial charge in [0.25, 0.3) is 0 Å². The van der Waals surface area contributed by atoms with E-state index in [1.807, 2.05) is 0 Å². The summed E-state index contributed by atoms with van der Waals surface area (Å²) < 4.78 is 26.6. The Morgan fingerprint density at radius 3 is 2.55 bits per heavy atom. The lowest BCUT2D eigenvalue weighted by Gasteiger charge is -2.09. The normalized spacial score (nSPS) is 10.7. The van der Waals surface area contributed by atoms with Crippen molar-refractivity contribution in [2.24, 2.45) is 5.73 Å². The van der Waals surface area contributed by atoms with Crippen molar-refractivity contribution < 1.29 is 8.42 Å². The van der Waals surface area contributed by atoms with E-state index in [1.54, 1.807) is 18.3 Å². The lowest BCUT2D eigenvalue weighted by Crippen LogP contribution is -2.29. The molecule has 0 aliphatic carbocycles. The number of nitrogens with zero attached hydrogens (tertiary/aromatic N) is 1. The first kappa shape index (κ1) is 19.4. The summed E-state index contributed by atoms with van der Waals surface area (Å²) in [5, 5.41) is 1.64. The number of benzene rings is 1. The quantitative estimate of drug-likeness (QED) is 0.875. The van der Waals surface area contributed by atoms with Gasteiger partial charge in [-0.05, 0) is 18.2 Å². The smallest absolute Gasteiger partial charge is 0.241 e. The molecule has 0 bridgehead atoms. The summed E-state index contributed by atoms with van der Waals surface area (Å²) in [5.74, 6) is 0. The number of sulfonamides is 1. The van der Waals surface area contributed by atoms with Crippen LogP contribution in [-0.4, -0.2) is 26.5 Å². The van der Waals surface area contributed by atoms with Crippen LogP contribution in [0.1, 0.15) is 0 Å². The van der Waals surface area contributed by atoms with Crippen LogP contribution in [0.25, 0.3) is 10.8 Å². The maximum Gasteiger partial charge on any atom is 0.241 e. The minimum atomic E-state index is -3.59. The van der Waals surface area contributed by atoms with E-state index in [2.05, 4.69) is 9.71 Å². The zero-order valence-electron chi connectivity index (χ0n) is 10.2. The Bertz CT molecular complexity index is 680. The first-order valence-corrected chi connectivity index (χ1v) is 7.14. The van der Waals surface area contributed by atoms with Crippen LogP contribution >= 0.6 is 36.4 Å². The molecular formula is C11H14Cl3N3O2S. The number of nitrogens with two attached hydrogens (primary N) is 1. The molecule has 0 saturated carbocycles. The van der Waals surface area contributed by atoms with Crippen molar-refractivity contribution >= 4 is 57.2 Å². The first-order chi connectivity index (χ1) is 8.56. The Kier molecular flexibility index (Phi) is 7.72. The topological polar surface area (TPSA) is 85.1 Å². The predicted octanol–water partition coefficient (Wildman–Crippen LogP) is 1.97. The van der Waals surface area contributed by atoms with Crippen molar-refractivity contribution in [3.63, 3.8) is 0 Å². The van der Waals surface area contributed by atoms with Crippen LogP contribution in [0, 0.1) is 0 Å². The molecule has 0 fully saturated rings. The maximum absolute atomic E-state index is 12.1. The van der Waals surface area contributed by atoms with E-state index in [1.165, 1.54) is 12.3 Å². The van der Waals surface area contributed by atoms with E-state index >= 15 is 0 Å². The summed E-state index contributed by atoms with van der Waals surface area (Å²) in [6, 6.07) is 4.70. The van der Waals surface area contributed by atoms with E-state index in [0.717, 1.165) is 0 Å². The molecule has 5 nitrogen and oxygen atoms in total. The number of hydrogen-bond donors (Lipinski definition) is 2. The van der Waals surface area contributed by atoms with E-state index < -0.39 is 10.0 Å². The molecule has 0 spiro atoms. The molecule has 112 valence electrons. The molecule has 1 aromatic carbocycles. The van der Waals surface area contributed by atoms with Crippen LogP contribution in [0.2, 0.25) is 5.02 Å². The molecule has 0 saturated heterocycles. The second-order valence-electron chi connectivity index (χ2n) is 3.65. The predicted molar refractivity (Wildman–Crippen MR) is 85.5 cm³/mol. The fourth-order valence-corrected chi connectivity index (χ4v) is 3.10. The number of aromatic nitrogens is 1. The molecule has 0 amide bonds. The van der Waals surface area contributed by atoms with Crippen LogP contribution in [0.3, 0.4) is 0 Å². The SMILES string of the molecule is Cl.Cl.NCCNS(=O)(=O)c1ccc(Cl)c2ccncc12. The van der Waals surface area contributed by atoms with Crippen LogP contribution in [0.15, 0.2) is 35.5 Å². The highest BCUT2D eigenvalue weighted by Gasteiger charge is 2.17. The fraction of sp³-hybridized carbons (Fsp3) is 0.182. The Labute approximate surface area is 134 Å². The molecule has 0 aliphatic heterocycles. The number of fused-ring (bicyclic) bond motifs is 1. The van der Waals surface area contributed by atoms with Gasteiger partial charge in [-0.2, -0.15) is 0 Å². The van der Waals surface area contributed by atoms with E-state index in [4.69, 9.17) is 17.3 Å². The zero-order chi connectivity index (χ0) is 13.2. The highest BCUT2D eigenvalue weighted by molar-refractivity contribution is 7.89. The van der Waals surface area contributed by atoms with Gasteiger partial charge in [0.2, 0.25) is 10.0 Å². The Morgan fingerprint density at radius 1 is 1.20 bits per heavy atom. The minimum absolute atomic E-state index is 0. The van der Waals surface area contributed by atoms with Crippen molar-refractivity contribution in [2.75, 3.05) is 13.1 Å². The van der Waals surface area contributed by atoms with Gasteiger partial charge in [-0.1, -0.05) is 11.6 Å². The second kappa shape index (κ2) is 7.97. The van der Waals surface area contributed by atoms with Gasteiger partial charge in [-0.3, -0.25) is 4.98 Å². The van der Waals surface area contributed by atoms with Gasteiger partial charge in [0, 0.05) is 41.3 Å². The summed E-state index contributed by atoms with van der Waals surface area (Å²) in [5.41, 5.74) is 5.29. The number of hydrogen-bond acceptors (Lipinski definition) is 4. The molecule has 0 aliphatic rings. The second-order valence-corrected chi connectivity index (χ2v) is 5.80. The molecule has 0 radical (unpaired) electrons. The van der Waals surface area contributed by atoms with Crippen molar-refractivity contribution in [3.05, 3.63) is 35.6 Å². The number of nitrogens with one attached hydrogen (secondary N) is 1. The van der Waals surface area contributed by atoms with Crippen LogP contribution < -0.4 is 10.5 Å². The highest BCUT2D eigenvalue weighted by atomic mass is 35.5. The van der Waals surface area contributed by atoms with Gasteiger partial charge >= 0.3 is 0 Å². The van der Waals surface area contributed by atoms with Crippen LogP contribution in [-0.2, 0) is 10.0 Å². The third kappa shape index (κ3) is 3.94. The number of rotatable bonds is 4. The third-order valence-electron chi connectivity index (χ3n) is 2.45. The van der Waals surface area contributed by atoms with Crippen molar-refractivity contribution in [3.8, 4) is 0 Å². The van der Waals surface area contributed by atoms with Crippen LogP contribution in [0.5, 0.6) is 0 Å². The summed E-state index contributed by atoms with van der Waals surface area (Å²) in [7, 11) is -3.59. The van der Waals surface area contributed by atoms with E-state index in [9.17, 15) is 8.42 Å². The summed E-state index contributed by atoms with van der Waals surface area (Å²) in [6.45, 7) is 0.426. The largest absolute Gasteiger partial charge is 0.329 e. The first-order valence-electron chi connectivity index (χ1n) is 5.28. The van der Waals surface area contributed by atoms with Gasteiger partial charge in [-0.15, -0.1) is 24.8 Å². The van der Waals surface area contributed by atoms with Crippen molar-refractivity contribution in [1.82, 2.24) is 9.71 Å². The Hall–Kier alpha value is -0.630. The van der Waals surface area contributed by atoms with Crippen molar-refractivity contribution in [2.45, 2.75) is 4.90 Å². The molecule has 2 rings (SSSR count). The van der Waals surface area contributed by atoms with E-state index in [0.29, 0.717) is 15.8 Å². The Morgan fingerprint density at radius 2 is 1.90 bits per heavy atom. The van der Waals surface area contributed by atoms with Gasteiger partial charge in [0.1, 0.15) is 0 Å². The standard InChI is InChI=1S/C11H12ClN3O2S.2ClH/c12-10-1-2-11(18(16,17)15-6-4-13)9-7-14-5-3-8(9)10;;/h1-3,5,7,15H,4,6,13H2;2*1H. The summed E-state index contributed by atoms with van der Waals surface area (Å²) >= 11 is 6.02.